The number of piperidine rings is 1. The first-order chi connectivity index (χ1) is 8.61. The van der Waals surface area contributed by atoms with Crippen LogP contribution < -0.4 is 4.74 Å². The maximum atomic E-state index is 12.2. The van der Waals surface area contributed by atoms with E-state index < -0.39 is 0 Å². The van der Waals surface area contributed by atoms with Crippen LogP contribution in [-0.2, 0) is 0 Å². The molecule has 0 aromatic heterocycles. The smallest absolute Gasteiger partial charge is 0.253 e. The van der Waals surface area contributed by atoms with Gasteiger partial charge in [0.2, 0.25) is 0 Å². The first-order valence-corrected chi connectivity index (χ1v) is 6.72. The Morgan fingerprint density at radius 2 is 2.11 bits per heavy atom. The van der Waals surface area contributed by atoms with E-state index in [1.165, 1.54) is 0 Å². The van der Waals surface area contributed by atoms with Crippen molar-refractivity contribution in [3.05, 3.63) is 28.2 Å². The Morgan fingerprint density at radius 1 is 1.44 bits per heavy atom. The van der Waals surface area contributed by atoms with Crippen LogP contribution in [0, 0.1) is 0 Å². The molecule has 1 fully saturated rings. The first-order valence-electron chi connectivity index (χ1n) is 5.92. The second kappa shape index (κ2) is 5.71. The van der Waals surface area contributed by atoms with Gasteiger partial charge >= 0.3 is 0 Å². The first kappa shape index (κ1) is 13.4. The molecule has 0 radical (unpaired) electrons. The molecule has 2 rings (SSSR count). The minimum atomic E-state index is -0.267. The largest absolute Gasteiger partial charge is 0.496 e. The average molecular weight is 314 g/mol. The van der Waals surface area contributed by atoms with Crippen molar-refractivity contribution >= 4 is 21.8 Å². The highest BCUT2D eigenvalue weighted by atomic mass is 79.9. The van der Waals surface area contributed by atoms with Crippen molar-refractivity contribution in [1.29, 1.82) is 0 Å². The molecule has 1 aliphatic heterocycles. The number of carbonyl (C=O) groups is 1. The number of aliphatic hydroxyl groups excluding tert-OH is 1. The zero-order chi connectivity index (χ0) is 13.1. The van der Waals surface area contributed by atoms with Gasteiger partial charge in [0, 0.05) is 18.7 Å². The molecular weight excluding hydrogens is 298 g/mol. The predicted octanol–water partition coefficient (Wildman–Crippen LogP) is 2.05. The molecular formula is C13H16BrNO3. The molecule has 5 heteroatoms. The number of benzene rings is 1. The summed E-state index contributed by atoms with van der Waals surface area (Å²) in [6, 6.07) is 5.30. The zero-order valence-electron chi connectivity index (χ0n) is 10.2. The topological polar surface area (TPSA) is 49.8 Å². The van der Waals surface area contributed by atoms with Gasteiger partial charge in [0.15, 0.2) is 0 Å². The fourth-order valence-corrected chi connectivity index (χ4v) is 2.59. The Morgan fingerprint density at radius 3 is 2.67 bits per heavy atom. The van der Waals surface area contributed by atoms with Crippen molar-refractivity contribution in [1.82, 2.24) is 4.90 Å². The molecule has 0 bridgehead atoms. The van der Waals surface area contributed by atoms with Crippen molar-refractivity contribution in [2.24, 2.45) is 0 Å². The van der Waals surface area contributed by atoms with Crippen LogP contribution in [0.1, 0.15) is 23.2 Å². The second-order valence-corrected chi connectivity index (χ2v) is 5.23. The molecule has 0 unspecified atom stereocenters. The van der Waals surface area contributed by atoms with E-state index in [1.807, 2.05) is 0 Å². The van der Waals surface area contributed by atoms with Gasteiger partial charge in [0.25, 0.3) is 5.91 Å². The Hall–Kier alpha value is -1.07. The molecule has 0 spiro atoms. The monoisotopic (exact) mass is 313 g/mol. The fraction of sp³-hybridized carbons (Fsp3) is 0.462. The number of hydrogen-bond acceptors (Lipinski definition) is 3. The predicted molar refractivity (Wildman–Crippen MR) is 71.8 cm³/mol. The van der Waals surface area contributed by atoms with E-state index in [-0.39, 0.29) is 12.0 Å². The molecule has 0 saturated carbocycles. The van der Waals surface area contributed by atoms with Crippen molar-refractivity contribution < 1.29 is 14.6 Å². The highest BCUT2D eigenvalue weighted by Gasteiger charge is 2.22. The highest BCUT2D eigenvalue weighted by molar-refractivity contribution is 9.10. The van der Waals surface area contributed by atoms with Gasteiger partial charge in [-0.1, -0.05) is 0 Å². The molecule has 1 N–H and O–H groups in total. The van der Waals surface area contributed by atoms with E-state index in [9.17, 15) is 9.90 Å². The Bertz CT molecular complexity index is 442. The van der Waals surface area contributed by atoms with Crippen molar-refractivity contribution in [2.45, 2.75) is 18.9 Å². The van der Waals surface area contributed by atoms with Crippen molar-refractivity contribution in [2.75, 3.05) is 20.2 Å². The summed E-state index contributed by atoms with van der Waals surface area (Å²) < 4.78 is 5.91. The number of nitrogens with zero attached hydrogens (tertiary/aromatic N) is 1. The van der Waals surface area contributed by atoms with Crippen LogP contribution in [0.15, 0.2) is 22.7 Å². The van der Waals surface area contributed by atoms with E-state index in [0.717, 1.165) is 4.47 Å². The zero-order valence-corrected chi connectivity index (χ0v) is 11.8. The Balaban J connectivity index is 2.11. The van der Waals surface area contributed by atoms with Gasteiger partial charge in [-0.05, 0) is 47.0 Å². The maximum Gasteiger partial charge on any atom is 0.253 e. The van der Waals surface area contributed by atoms with Crippen LogP contribution >= 0.6 is 15.9 Å². The van der Waals surface area contributed by atoms with Crippen LogP contribution in [0.2, 0.25) is 0 Å². The summed E-state index contributed by atoms with van der Waals surface area (Å²) in [6.45, 7) is 1.23. The van der Waals surface area contributed by atoms with Gasteiger partial charge in [0.1, 0.15) is 5.75 Å². The Labute approximate surface area is 115 Å². The summed E-state index contributed by atoms with van der Waals surface area (Å²) in [5.74, 6) is 0.714. The second-order valence-electron chi connectivity index (χ2n) is 4.37. The number of methoxy groups -OCH3 is 1. The summed E-state index contributed by atoms with van der Waals surface area (Å²) in [6.07, 6.45) is 1.04. The third-order valence-electron chi connectivity index (χ3n) is 3.15. The lowest BCUT2D eigenvalue weighted by atomic mass is 10.1. The van der Waals surface area contributed by atoms with Gasteiger partial charge in [-0.15, -0.1) is 0 Å². The average Bonchev–Trinajstić information content (AvgIpc) is 2.38. The van der Waals surface area contributed by atoms with Crippen LogP contribution in [0.25, 0.3) is 0 Å². The highest BCUT2D eigenvalue weighted by Crippen LogP contribution is 2.26. The number of carbonyl (C=O) groups excluding carboxylic acids is 1. The normalized spacial score (nSPS) is 16.7. The molecule has 1 heterocycles. The van der Waals surface area contributed by atoms with Crippen molar-refractivity contribution in [3.63, 3.8) is 0 Å². The third kappa shape index (κ3) is 2.84. The lowest BCUT2D eigenvalue weighted by Crippen LogP contribution is -2.40. The van der Waals surface area contributed by atoms with E-state index in [2.05, 4.69) is 15.9 Å². The number of halogens is 1. The lowest BCUT2D eigenvalue weighted by Gasteiger charge is -2.29. The quantitative estimate of drug-likeness (QED) is 0.909. The van der Waals surface area contributed by atoms with Gasteiger partial charge in [-0.25, -0.2) is 0 Å². The van der Waals surface area contributed by atoms with Gasteiger partial charge in [-0.2, -0.15) is 0 Å². The van der Waals surface area contributed by atoms with E-state index >= 15 is 0 Å². The number of aliphatic hydroxyl groups is 1. The number of amides is 1. The molecule has 4 nitrogen and oxygen atoms in total. The number of rotatable bonds is 2. The lowest BCUT2D eigenvalue weighted by molar-refractivity contribution is 0.0546. The number of likely N-dealkylation sites (tertiary alicyclic amines) is 1. The molecule has 1 aromatic rings. The van der Waals surface area contributed by atoms with E-state index in [0.29, 0.717) is 37.2 Å². The maximum absolute atomic E-state index is 12.2. The molecule has 18 heavy (non-hydrogen) atoms. The van der Waals surface area contributed by atoms with Crippen molar-refractivity contribution in [3.8, 4) is 5.75 Å². The van der Waals surface area contributed by atoms with Gasteiger partial charge < -0.3 is 14.7 Å². The molecule has 0 aliphatic carbocycles. The molecule has 1 aromatic carbocycles. The minimum Gasteiger partial charge on any atom is -0.496 e. The molecule has 1 amide bonds. The standard InChI is InChI=1S/C13H16BrNO3/c1-18-12-3-2-9(8-11(12)14)13(17)15-6-4-10(16)5-7-15/h2-3,8,10,16H,4-7H2,1H3. The number of ether oxygens (including phenoxy) is 1. The van der Waals surface area contributed by atoms with Crippen LogP contribution in [-0.4, -0.2) is 42.2 Å². The number of hydrogen-bond donors (Lipinski definition) is 1. The van der Waals surface area contributed by atoms with E-state index in [4.69, 9.17) is 4.74 Å². The fourth-order valence-electron chi connectivity index (χ4n) is 2.05. The summed E-state index contributed by atoms with van der Waals surface area (Å²) in [5, 5.41) is 9.43. The molecule has 98 valence electrons. The Kier molecular flexibility index (Phi) is 4.24. The molecule has 1 aliphatic rings. The van der Waals surface area contributed by atoms with Gasteiger partial charge in [0.05, 0.1) is 17.7 Å². The minimum absolute atomic E-state index is 0.00486. The summed E-state index contributed by atoms with van der Waals surface area (Å²) >= 11 is 3.37. The summed E-state index contributed by atoms with van der Waals surface area (Å²) in [5.41, 5.74) is 0.638. The van der Waals surface area contributed by atoms with E-state index in [1.54, 1.807) is 30.2 Å². The SMILES string of the molecule is COc1ccc(C(=O)N2CCC(O)CC2)cc1Br. The van der Waals surface area contributed by atoms with Gasteiger partial charge in [-0.3, -0.25) is 4.79 Å². The summed E-state index contributed by atoms with van der Waals surface area (Å²) in [7, 11) is 1.59. The van der Waals surface area contributed by atoms with Crippen LogP contribution in [0.3, 0.4) is 0 Å². The third-order valence-corrected chi connectivity index (χ3v) is 3.77. The van der Waals surface area contributed by atoms with Crippen LogP contribution in [0.4, 0.5) is 0 Å². The molecule has 1 saturated heterocycles. The summed E-state index contributed by atoms with van der Waals surface area (Å²) in [4.78, 5) is 14.0. The molecule has 0 atom stereocenters. The van der Waals surface area contributed by atoms with Crippen LogP contribution in [0.5, 0.6) is 5.75 Å².